The molecule has 0 aromatic heterocycles. The van der Waals surface area contributed by atoms with Gasteiger partial charge >= 0.3 is 17.9 Å². The molecule has 0 aliphatic heterocycles. The van der Waals surface area contributed by atoms with Gasteiger partial charge in [0, 0.05) is 19.3 Å². The van der Waals surface area contributed by atoms with Crippen molar-refractivity contribution in [3.63, 3.8) is 0 Å². The largest absolute Gasteiger partial charge is 0.462 e. The van der Waals surface area contributed by atoms with Gasteiger partial charge in [0.15, 0.2) is 6.10 Å². The van der Waals surface area contributed by atoms with Gasteiger partial charge in [0.05, 0.1) is 0 Å². The van der Waals surface area contributed by atoms with Crippen LogP contribution < -0.4 is 0 Å². The predicted octanol–water partition coefficient (Wildman–Crippen LogP) is 15.8. The molecule has 56 heavy (non-hydrogen) atoms. The molecule has 2 atom stereocenters. The molecule has 0 saturated heterocycles. The van der Waals surface area contributed by atoms with Crippen LogP contribution in [-0.2, 0) is 28.6 Å². The fourth-order valence-electron chi connectivity index (χ4n) is 7.43. The van der Waals surface area contributed by atoms with Crippen molar-refractivity contribution in [3.8, 4) is 0 Å². The molecular weight excluding hydrogens is 697 g/mol. The highest BCUT2D eigenvalue weighted by Crippen LogP contribution is 2.17. The maximum absolute atomic E-state index is 12.7. The van der Waals surface area contributed by atoms with E-state index in [0.29, 0.717) is 19.3 Å². The normalized spacial score (nSPS) is 12.5. The number of unbranched alkanes of at least 4 members (excludes halogenated alkanes) is 28. The van der Waals surface area contributed by atoms with E-state index < -0.39 is 6.10 Å². The molecule has 0 bridgehead atoms. The topological polar surface area (TPSA) is 78.9 Å². The average molecular weight is 793 g/mol. The Hall–Kier alpha value is -1.59. The minimum Gasteiger partial charge on any atom is -0.462 e. The van der Waals surface area contributed by atoms with Gasteiger partial charge in [-0.25, -0.2) is 0 Å². The second-order valence-electron chi connectivity index (χ2n) is 17.8. The Morgan fingerprint density at radius 1 is 0.375 bits per heavy atom. The molecule has 332 valence electrons. The lowest BCUT2D eigenvalue weighted by Crippen LogP contribution is -2.30. The molecule has 0 fully saturated rings. The Bertz CT molecular complexity index is 856. The average Bonchev–Trinajstić information content (AvgIpc) is 3.18. The quantitative estimate of drug-likeness (QED) is 0.0347. The Kier molecular flexibility index (Phi) is 41.8. The predicted molar refractivity (Wildman–Crippen MR) is 238 cm³/mol. The first-order valence-electron chi connectivity index (χ1n) is 24.8. The first kappa shape index (κ1) is 54.4. The van der Waals surface area contributed by atoms with Gasteiger partial charge < -0.3 is 14.2 Å². The summed E-state index contributed by atoms with van der Waals surface area (Å²) in [5.41, 5.74) is 0. The van der Waals surface area contributed by atoms with Crippen LogP contribution in [0.15, 0.2) is 0 Å². The maximum atomic E-state index is 12.7. The SMILES string of the molecule is CCCCCCCCCCCCC(=O)O[C@@H](COC(=O)CCCCCCCCCCCCCCCCCC(C)C)COC(=O)CCCCCCCCC(C)CC. The van der Waals surface area contributed by atoms with Gasteiger partial charge in [-0.05, 0) is 31.1 Å². The Balaban J connectivity index is 4.24. The fourth-order valence-corrected chi connectivity index (χ4v) is 7.43. The summed E-state index contributed by atoms with van der Waals surface area (Å²) >= 11 is 0. The van der Waals surface area contributed by atoms with Crippen LogP contribution in [0.1, 0.15) is 272 Å². The van der Waals surface area contributed by atoms with E-state index in [2.05, 4.69) is 34.6 Å². The van der Waals surface area contributed by atoms with Crippen molar-refractivity contribution < 1.29 is 28.6 Å². The van der Waals surface area contributed by atoms with Crippen LogP contribution in [0.2, 0.25) is 0 Å². The second-order valence-corrected chi connectivity index (χ2v) is 17.8. The number of esters is 3. The van der Waals surface area contributed by atoms with Crippen LogP contribution in [0.4, 0.5) is 0 Å². The van der Waals surface area contributed by atoms with E-state index in [1.165, 1.54) is 161 Å². The summed E-state index contributed by atoms with van der Waals surface area (Å²) in [6, 6.07) is 0. The minimum atomic E-state index is -0.761. The van der Waals surface area contributed by atoms with Gasteiger partial charge in [-0.2, -0.15) is 0 Å². The van der Waals surface area contributed by atoms with Crippen molar-refractivity contribution in [2.75, 3.05) is 13.2 Å². The van der Waals surface area contributed by atoms with Crippen LogP contribution in [-0.4, -0.2) is 37.2 Å². The molecule has 0 heterocycles. The summed E-state index contributed by atoms with van der Waals surface area (Å²) in [4.78, 5) is 37.8. The molecular formula is C50H96O6. The Morgan fingerprint density at radius 3 is 1.02 bits per heavy atom. The van der Waals surface area contributed by atoms with Crippen LogP contribution in [0.5, 0.6) is 0 Å². The van der Waals surface area contributed by atoms with Crippen LogP contribution >= 0.6 is 0 Å². The number of ether oxygens (including phenoxy) is 3. The van der Waals surface area contributed by atoms with E-state index in [0.717, 1.165) is 69.6 Å². The molecule has 0 rings (SSSR count). The summed E-state index contributed by atoms with van der Waals surface area (Å²) in [5, 5.41) is 0. The van der Waals surface area contributed by atoms with Gasteiger partial charge in [-0.1, -0.05) is 234 Å². The highest BCUT2D eigenvalue weighted by atomic mass is 16.6. The molecule has 0 radical (unpaired) electrons. The molecule has 6 heteroatoms. The van der Waals surface area contributed by atoms with Crippen molar-refractivity contribution >= 4 is 17.9 Å². The minimum absolute atomic E-state index is 0.0647. The molecule has 0 aliphatic rings. The van der Waals surface area contributed by atoms with Gasteiger partial charge in [0.1, 0.15) is 13.2 Å². The Morgan fingerprint density at radius 2 is 0.679 bits per heavy atom. The summed E-state index contributed by atoms with van der Waals surface area (Å²) in [6.45, 7) is 11.3. The molecule has 0 N–H and O–H groups in total. The van der Waals surface area contributed by atoms with E-state index in [-0.39, 0.29) is 31.1 Å². The summed E-state index contributed by atoms with van der Waals surface area (Å²) in [6.07, 6.45) is 42.3. The highest BCUT2D eigenvalue weighted by molar-refractivity contribution is 5.71. The Labute approximate surface area is 348 Å². The van der Waals surface area contributed by atoms with E-state index in [9.17, 15) is 14.4 Å². The third kappa shape index (κ3) is 42.0. The van der Waals surface area contributed by atoms with Gasteiger partial charge in [-0.15, -0.1) is 0 Å². The third-order valence-corrected chi connectivity index (χ3v) is 11.6. The number of carbonyl (C=O) groups is 3. The van der Waals surface area contributed by atoms with Crippen molar-refractivity contribution in [1.29, 1.82) is 0 Å². The maximum Gasteiger partial charge on any atom is 0.306 e. The van der Waals surface area contributed by atoms with Crippen molar-refractivity contribution in [3.05, 3.63) is 0 Å². The van der Waals surface area contributed by atoms with E-state index in [4.69, 9.17) is 14.2 Å². The lowest BCUT2D eigenvalue weighted by molar-refractivity contribution is -0.167. The van der Waals surface area contributed by atoms with E-state index >= 15 is 0 Å². The molecule has 0 aromatic carbocycles. The molecule has 6 nitrogen and oxygen atoms in total. The third-order valence-electron chi connectivity index (χ3n) is 11.6. The van der Waals surface area contributed by atoms with Crippen LogP contribution in [0.3, 0.4) is 0 Å². The zero-order chi connectivity index (χ0) is 41.2. The van der Waals surface area contributed by atoms with Crippen molar-refractivity contribution in [2.45, 2.75) is 278 Å². The van der Waals surface area contributed by atoms with E-state index in [1.807, 2.05) is 0 Å². The van der Waals surface area contributed by atoms with E-state index in [1.54, 1.807) is 0 Å². The molecule has 0 aliphatic carbocycles. The second kappa shape index (κ2) is 43.0. The lowest BCUT2D eigenvalue weighted by Gasteiger charge is -2.18. The zero-order valence-corrected chi connectivity index (χ0v) is 38.3. The zero-order valence-electron chi connectivity index (χ0n) is 38.3. The molecule has 0 aromatic rings. The van der Waals surface area contributed by atoms with Gasteiger partial charge in [0.25, 0.3) is 0 Å². The molecule has 1 unspecified atom stereocenters. The number of rotatable bonds is 44. The smallest absolute Gasteiger partial charge is 0.306 e. The first-order chi connectivity index (χ1) is 27.3. The van der Waals surface area contributed by atoms with Crippen molar-refractivity contribution in [2.24, 2.45) is 11.8 Å². The van der Waals surface area contributed by atoms with Crippen LogP contribution in [0, 0.1) is 11.8 Å². The van der Waals surface area contributed by atoms with Gasteiger partial charge in [-0.3, -0.25) is 14.4 Å². The summed E-state index contributed by atoms with van der Waals surface area (Å²) in [5.74, 6) is 0.808. The monoisotopic (exact) mass is 793 g/mol. The van der Waals surface area contributed by atoms with Crippen LogP contribution in [0.25, 0.3) is 0 Å². The van der Waals surface area contributed by atoms with Crippen molar-refractivity contribution in [1.82, 2.24) is 0 Å². The number of hydrogen-bond donors (Lipinski definition) is 0. The number of hydrogen-bond acceptors (Lipinski definition) is 6. The summed E-state index contributed by atoms with van der Waals surface area (Å²) in [7, 11) is 0. The standard InChI is InChI=1S/C50H96O6/c1-6-8-9-10-11-12-21-25-32-37-42-50(53)56-47(44-55-49(52)41-36-31-27-26-29-34-39-46(5)7-2)43-54-48(51)40-35-30-24-22-19-17-15-13-14-16-18-20-23-28-33-38-45(3)4/h45-47H,6-44H2,1-5H3/t46?,47-/m0/s1. The fraction of sp³-hybridized carbons (Fsp3) is 0.940. The lowest BCUT2D eigenvalue weighted by atomic mass is 10.00. The highest BCUT2D eigenvalue weighted by Gasteiger charge is 2.19. The first-order valence-corrected chi connectivity index (χ1v) is 24.8. The molecule has 0 amide bonds. The number of carbonyl (C=O) groups excluding carboxylic acids is 3. The van der Waals surface area contributed by atoms with Gasteiger partial charge in [0.2, 0.25) is 0 Å². The molecule has 0 saturated carbocycles. The molecule has 0 spiro atoms. The summed E-state index contributed by atoms with van der Waals surface area (Å²) < 4.78 is 16.7.